The van der Waals surface area contributed by atoms with E-state index in [9.17, 15) is 4.79 Å². The van der Waals surface area contributed by atoms with Crippen molar-refractivity contribution in [2.75, 3.05) is 12.8 Å². The summed E-state index contributed by atoms with van der Waals surface area (Å²) >= 11 is 0. The summed E-state index contributed by atoms with van der Waals surface area (Å²) < 4.78 is 0. The van der Waals surface area contributed by atoms with Gasteiger partial charge in [-0.05, 0) is 13.0 Å². The highest BCUT2D eigenvalue weighted by Gasteiger charge is 2.10. The van der Waals surface area contributed by atoms with Crippen molar-refractivity contribution in [3.8, 4) is 11.3 Å². The number of amides is 1. The zero-order valence-corrected chi connectivity index (χ0v) is 10.3. The van der Waals surface area contributed by atoms with Gasteiger partial charge in [-0.2, -0.15) is 0 Å². The quantitative estimate of drug-likeness (QED) is 0.834. The molecule has 92 valence electrons. The maximum Gasteiger partial charge on any atom is 0.269 e. The molecule has 0 bridgehead atoms. The Morgan fingerprint density at radius 2 is 1.89 bits per heavy atom. The Labute approximate surface area is 105 Å². The largest absolute Gasteiger partial charge is 0.368 e. The molecule has 0 fully saturated rings. The molecular formula is C13H14N4O. The summed E-state index contributed by atoms with van der Waals surface area (Å²) in [6.45, 7) is 2.01. The number of hydrogen-bond acceptors (Lipinski definition) is 4. The highest BCUT2D eigenvalue weighted by atomic mass is 16.1. The molecule has 0 saturated carbocycles. The third kappa shape index (κ3) is 2.45. The summed E-state index contributed by atoms with van der Waals surface area (Å²) in [6.07, 6.45) is 0. The van der Waals surface area contributed by atoms with Crippen LogP contribution in [-0.4, -0.2) is 22.9 Å². The van der Waals surface area contributed by atoms with Gasteiger partial charge in [0.25, 0.3) is 5.91 Å². The average molecular weight is 242 g/mol. The van der Waals surface area contributed by atoms with Gasteiger partial charge in [0.15, 0.2) is 0 Å². The van der Waals surface area contributed by atoms with Crippen LogP contribution < -0.4 is 11.1 Å². The Hall–Kier alpha value is -2.43. The number of hydrogen-bond donors (Lipinski definition) is 2. The zero-order chi connectivity index (χ0) is 13.1. The molecule has 0 saturated heterocycles. The smallest absolute Gasteiger partial charge is 0.269 e. The normalized spacial score (nSPS) is 10.1. The lowest BCUT2D eigenvalue weighted by Crippen LogP contribution is -2.20. The van der Waals surface area contributed by atoms with Crippen LogP contribution in [0.5, 0.6) is 0 Å². The number of benzene rings is 1. The summed E-state index contributed by atoms with van der Waals surface area (Å²) in [5.41, 5.74) is 8.58. The van der Waals surface area contributed by atoms with Crippen LogP contribution in [0.15, 0.2) is 30.3 Å². The highest BCUT2D eigenvalue weighted by molar-refractivity contribution is 5.93. The van der Waals surface area contributed by atoms with Gasteiger partial charge >= 0.3 is 0 Å². The summed E-state index contributed by atoms with van der Waals surface area (Å²) in [6, 6.07) is 9.45. The minimum atomic E-state index is -0.280. The minimum absolute atomic E-state index is 0.0895. The monoisotopic (exact) mass is 242 g/mol. The lowest BCUT2D eigenvalue weighted by Gasteiger charge is -2.05. The topological polar surface area (TPSA) is 80.9 Å². The molecule has 2 aromatic rings. The van der Waals surface area contributed by atoms with Crippen molar-refractivity contribution in [3.05, 3.63) is 41.6 Å². The molecule has 0 unspecified atom stereocenters. The van der Waals surface area contributed by atoms with Gasteiger partial charge in [-0.3, -0.25) is 4.79 Å². The molecule has 1 aromatic heterocycles. The fraction of sp³-hybridized carbons (Fsp3) is 0.154. The van der Waals surface area contributed by atoms with Crippen LogP contribution in [0.3, 0.4) is 0 Å². The second-order valence-corrected chi connectivity index (χ2v) is 3.94. The van der Waals surface area contributed by atoms with Gasteiger partial charge in [-0.1, -0.05) is 29.8 Å². The Morgan fingerprint density at radius 3 is 2.50 bits per heavy atom. The molecule has 0 spiro atoms. The Morgan fingerprint density at radius 1 is 1.22 bits per heavy atom. The van der Waals surface area contributed by atoms with Gasteiger partial charge in [-0.25, -0.2) is 9.97 Å². The van der Waals surface area contributed by atoms with E-state index in [0.717, 1.165) is 11.1 Å². The molecule has 0 aliphatic carbocycles. The number of aromatic nitrogens is 2. The minimum Gasteiger partial charge on any atom is -0.368 e. The lowest BCUT2D eigenvalue weighted by molar-refractivity contribution is 0.0958. The second kappa shape index (κ2) is 4.83. The number of nitrogen functional groups attached to an aromatic ring is 1. The summed E-state index contributed by atoms with van der Waals surface area (Å²) in [5, 5.41) is 2.51. The molecule has 5 heteroatoms. The Kier molecular flexibility index (Phi) is 3.23. The number of aryl methyl sites for hydroxylation is 1. The third-order valence-corrected chi connectivity index (χ3v) is 2.55. The molecule has 1 amide bonds. The van der Waals surface area contributed by atoms with E-state index in [1.165, 1.54) is 0 Å². The van der Waals surface area contributed by atoms with Crippen molar-refractivity contribution >= 4 is 11.9 Å². The molecule has 5 nitrogen and oxygen atoms in total. The Bertz CT molecular complexity index is 578. The number of nitrogens with one attached hydrogen (secondary N) is 1. The first kappa shape index (κ1) is 12.0. The molecule has 1 aromatic carbocycles. The molecule has 3 N–H and O–H groups in total. The van der Waals surface area contributed by atoms with Crippen molar-refractivity contribution in [3.63, 3.8) is 0 Å². The number of rotatable bonds is 2. The van der Waals surface area contributed by atoms with Gasteiger partial charge in [0.2, 0.25) is 5.95 Å². The summed E-state index contributed by atoms with van der Waals surface area (Å²) in [7, 11) is 1.55. The maximum absolute atomic E-state index is 11.5. The van der Waals surface area contributed by atoms with E-state index in [2.05, 4.69) is 15.3 Å². The maximum atomic E-state index is 11.5. The van der Waals surface area contributed by atoms with Gasteiger partial charge in [0.05, 0.1) is 5.69 Å². The SMILES string of the molecule is CNC(=O)c1cc(-c2ccc(C)cc2)nc(N)n1. The van der Waals surface area contributed by atoms with E-state index in [4.69, 9.17) is 5.73 Å². The molecule has 1 heterocycles. The predicted molar refractivity (Wildman–Crippen MR) is 70.0 cm³/mol. The van der Waals surface area contributed by atoms with E-state index in [1.807, 2.05) is 31.2 Å². The van der Waals surface area contributed by atoms with E-state index >= 15 is 0 Å². The van der Waals surface area contributed by atoms with Crippen molar-refractivity contribution in [1.82, 2.24) is 15.3 Å². The van der Waals surface area contributed by atoms with Crippen LogP contribution in [0, 0.1) is 6.92 Å². The number of carbonyl (C=O) groups is 1. The third-order valence-electron chi connectivity index (χ3n) is 2.55. The van der Waals surface area contributed by atoms with E-state index in [0.29, 0.717) is 5.69 Å². The lowest BCUT2D eigenvalue weighted by atomic mass is 10.1. The first-order valence-electron chi connectivity index (χ1n) is 5.54. The van der Waals surface area contributed by atoms with Crippen molar-refractivity contribution in [2.45, 2.75) is 6.92 Å². The van der Waals surface area contributed by atoms with E-state index < -0.39 is 0 Å². The molecule has 2 rings (SSSR count). The molecule has 0 aliphatic heterocycles. The number of nitrogens with two attached hydrogens (primary N) is 1. The van der Waals surface area contributed by atoms with Crippen molar-refractivity contribution in [1.29, 1.82) is 0 Å². The first-order valence-corrected chi connectivity index (χ1v) is 5.54. The predicted octanol–water partition coefficient (Wildman–Crippen LogP) is 1.39. The molecule has 18 heavy (non-hydrogen) atoms. The molecule has 0 aliphatic rings. The van der Waals surface area contributed by atoms with Crippen LogP contribution in [0.2, 0.25) is 0 Å². The fourth-order valence-electron chi connectivity index (χ4n) is 1.58. The van der Waals surface area contributed by atoms with E-state index in [-0.39, 0.29) is 17.5 Å². The van der Waals surface area contributed by atoms with Crippen molar-refractivity contribution in [2.24, 2.45) is 0 Å². The average Bonchev–Trinajstić information content (AvgIpc) is 2.38. The molecular weight excluding hydrogens is 228 g/mol. The van der Waals surface area contributed by atoms with Crippen molar-refractivity contribution < 1.29 is 4.79 Å². The number of carbonyl (C=O) groups excluding carboxylic acids is 1. The fourth-order valence-corrected chi connectivity index (χ4v) is 1.58. The van der Waals surface area contributed by atoms with Crippen LogP contribution in [0.1, 0.15) is 16.1 Å². The van der Waals surface area contributed by atoms with Gasteiger partial charge in [-0.15, -0.1) is 0 Å². The first-order chi connectivity index (χ1) is 8.60. The molecule has 0 atom stereocenters. The van der Waals surface area contributed by atoms with Gasteiger partial charge in [0.1, 0.15) is 5.69 Å². The van der Waals surface area contributed by atoms with E-state index in [1.54, 1.807) is 13.1 Å². The van der Waals surface area contributed by atoms with Crippen LogP contribution in [0.25, 0.3) is 11.3 Å². The van der Waals surface area contributed by atoms with Gasteiger partial charge < -0.3 is 11.1 Å². The number of anilines is 1. The highest BCUT2D eigenvalue weighted by Crippen LogP contribution is 2.19. The van der Waals surface area contributed by atoms with Crippen LogP contribution in [-0.2, 0) is 0 Å². The standard InChI is InChI=1S/C13H14N4O/c1-8-3-5-9(6-4-8)10-7-11(12(18)15-2)17-13(14)16-10/h3-7H,1-2H3,(H,15,18)(H2,14,16,17). The Balaban J connectivity index is 2.48. The van der Waals surface area contributed by atoms with Gasteiger partial charge in [0, 0.05) is 12.6 Å². The zero-order valence-electron chi connectivity index (χ0n) is 10.3. The van der Waals surface area contributed by atoms with Crippen LogP contribution >= 0.6 is 0 Å². The second-order valence-electron chi connectivity index (χ2n) is 3.94. The summed E-state index contributed by atoms with van der Waals surface area (Å²) in [5.74, 6) is -0.191. The van der Waals surface area contributed by atoms with Crippen LogP contribution in [0.4, 0.5) is 5.95 Å². The number of nitrogens with zero attached hydrogens (tertiary/aromatic N) is 2. The molecule has 0 radical (unpaired) electrons. The summed E-state index contributed by atoms with van der Waals surface area (Å²) in [4.78, 5) is 19.6.